The van der Waals surface area contributed by atoms with E-state index in [4.69, 9.17) is 5.11 Å². The molecule has 0 amide bonds. The lowest BCUT2D eigenvalue weighted by Crippen LogP contribution is -2.14. The van der Waals surface area contributed by atoms with Crippen LogP contribution in [0.2, 0.25) is 0 Å². The van der Waals surface area contributed by atoms with E-state index in [1.165, 1.54) is 30.7 Å². The standard InChI is InChI=1S/C11H12N4O3S/c16-8-14-9-1-3-10(4-2-9)19(17,18)15-11-5-6-12-7-13-11/h1-7,14,16H,8H2,(H,12,13,15). The summed E-state index contributed by atoms with van der Waals surface area (Å²) in [5.74, 6) is 0.201. The molecule has 2 aromatic rings. The van der Waals surface area contributed by atoms with Gasteiger partial charge in [0.1, 0.15) is 18.9 Å². The zero-order valence-electron chi connectivity index (χ0n) is 9.81. The maximum atomic E-state index is 12.0. The molecule has 0 aliphatic carbocycles. The highest BCUT2D eigenvalue weighted by Crippen LogP contribution is 2.16. The van der Waals surface area contributed by atoms with Gasteiger partial charge in [-0.15, -0.1) is 0 Å². The van der Waals surface area contributed by atoms with Gasteiger partial charge in [0.25, 0.3) is 10.0 Å². The Kier molecular flexibility index (Phi) is 3.93. The molecule has 0 fully saturated rings. The predicted octanol–water partition coefficient (Wildman–Crippen LogP) is 0.639. The number of aliphatic hydroxyl groups excluding tert-OH is 1. The minimum atomic E-state index is -3.68. The summed E-state index contributed by atoms with van der Waals surface area (Å²) < 4.78 is 26.4. The number of benzene rings is 1. The SMILES string of the molecule is O=S(=O)(Nc1ccncn1)c1ccc(NCO)cc1. The number of sulfonamides is 1. The third kappa shape index (κ3) is 3.39. The Hall–Kier alpha value is -2.19. The fraction of sp³-hybridized carbons (Fsp3) is 0.0909. The van der Waals surface area contributed by atoms with Crippen LogP contribution >= 0.6 is 0 Å². The summed E-state index contributed by atoms with van der Waals surface area (Å²) in [6.07, 6.45) is 2.70. The van der Waals surface area contributed by atoms with Crippen LogP contribution in [0.4, 0.5) is 11.5 Å². The van der Waals surface area contributed by atoms with Crippen LogP contribution in [0, 0.1) is 0 Å². The zero-order chi connectivity index (χ0) is 13.7. The van der Waals surface area contributed by atoms with Crippen LogP contribution in [-0.4, -0.2) is 30.2 Å². The summed E-state index contributed by atoms with van der Waals surface area (Å²) in [5, 5.41) is 11.3. The second kappa shape index (κ2) is 5.63. The molecule has 0 bridgehead atoms. The van der Waals surface area contributed by atoms with Gasteiger partial charge in [0.2, 0.25) is 0 Å². The second-order valence-electron chi connectivity index (χ2n) is 3.56. The Balaban J connectivity index is 2.20. The van der Waals surface area contributed by atoms with Gasteiger partial charge >= 0.3 is 0 Å². The first kappa shape index (κ1) is 13.2. The fourth-order valence-electron chi connectivity index (χ4n) is 1.39. The van der Waals surface area contributed by atoms with Gasteiger partial charge < -0.3 is 10.4 Å². The Bertz CT molecular complexity index is 629. The van der Waals surface area contributed by atoms with E-state index in [9.17, 15) is 8.42 Å². The molecule has 1 aromatic carbocycles. The van der Waals surface area contributed by atoms with Crippen LogP contribution in [0.1, 0.15) is 0 Å². The Morgan fingerprint density at radius 1 is 1.16 bits per heavy atom. The van der Waals surface area contributed by atoms with Gasteiger partial charge in [-0.3, -0.25) is 4.72 Å². The molecule has 0 aliphatic rings. The largest absolute Gasteiger partial charge is 0.377 e. The quantitative estimate of drug-likeness (QED) is 0.694. The van der Waals surface area contributed by atoms with E-state index in [1.807, 2.05) is 0 Å². The van der Waals surface area contributed by atoms with Crippen molar-refractivity contribution in [1.82, 2.24) is 9.97 Å². The molecule has 100 valence electrons. The number of aliphatic hydroxyl groups is 1. The monoisotopic (exact) mass is 280 g/mol. The van der Waals surface area contributed by atoms with Gasteiger partial charge in [-0.1, -0.05) is 0 Å². The Morgan fingerprint density at radius 2 is 1.89 bits per heavy atom. The van der Waals surface area contributed by atoms with Crippen LogP contribution in [0.5, 0.6) is 0 Å². The number of aromatic nitrogens is 2. The molecule has 0 spiro atoms. The highest BCUT2D eigenvalue weighted by molar-refractivity contribution is 7.92. The molecule has 1 aromatic heterocycles. The van der Waals surface area contributed by atoms with Crippen molar-refractivity contribution < 1.29 is 13.5 Å². The molecule has 0 saturated carbocycles. The van der Waals surface area contributed by atoms with Gasteiger partial charge in [-0.25, -0.2) is 18.4 Å². The van der Waals surface area contributed by atoms with Gasteiger partial charge in [0.05, 0.1) is 4.90 Å². The summed E-state index contributed by atoms with van der Waals surface area (Å²) in [4.78, 5) is 7.60. The van der Waals surface area contributed by atoms with E-state index in [2.05, 4.69) is 20.0 Å². The third-order valence-corrected chi connectivity index (χ3v) is 3.64. The molecule has 3 N–H and O–H groups in total. The number of hydrogen-bond acceptors (Lipinski definition) is 6. The van der Waals surface area contributed by atoms with E-state index >= 15 is 0 Å². The van der Waals surface area contributed by atoms with Gasteiger partial charge in [-0.05, 0) is 30.3 Å². The summed E-state index contributed by atoms with van der Waals surface area (Å²) in [7, 11) is -3.68. The molecule has 7 nitrogen and oxygen atoms in total. The molecule has 0 saturated heterocycles. The normalized spacial score (nSPS) is 11.0. The first-order valence-corrected chi connectivity index (χ1v) is 6.84. The summed E-state index contributed by atoms with van der Waals surface area (Å²) >= 11 is 0. The van der Waals surface area contributed by atoms with Gasteiger partial charge in [0.15, 0.2) is 0 Å². The number of rotatable bonds is 5. The highest BCUT2D eigenvalue weighted by atomic mass is 32.2. The highest BCUT2D eigenvalue weighted by Gasteiger charge is 2.14. The van der Waals surface area contributed by atoms with Crippen molar-refractivity contribution in [2.75, 3.05) is 16.8 Å². The molecule has 2 rings (SSSR count). The number of anilines is 2. The lowest BCUT2D eigenvalue weighted by Gasteiger charge is -2.08. The molecular weight excluding hydrogens is 268 g/mol. The van der Waals surface area contributed by atoms with Crippen LogP contribution in [-0.2, 0) is 10.0 Å². The molecule has 0 radical (unpaired) electrons. The summed E-state index contributed by atoms with van der Waals surface area (Å²) in [6.45, 7) is -0.217. The fourth-order valence-corrected chi connectivity index (χ4v) is 2.40. The van der Waals surface area contributed by atoms with Gasteiger partial charge in [-0.2, -0.15) is 0 Å². The van der Waals surface area contributed by atoms with Crippen molar-refractivity contribution >= 4 is 21.5 Å². The van der Waals surface area contributed by atoms with E-state index < -0.39 is 10.0 Å². The second-order valence-corrected chi connectivity index (χ2v) is 5.24. The first-order chi connectivity index (χ1) is 9.12. The van der Waals surface area contributed by atoms with Crippen molar-refractivity contribution in [3.63, 3.8) is 0 Å². The minimum Gasteiger partial charge on any atom is -0.377 e. The topological polar surface area (TPSA) is 104 Å². The maximum absolute atomic E-state index is 12.0. The molecule has 0 unspecified atom stereocenters. The molecule has 8 heteroatoms. The van der Waals surface area contributed by atoms with E-state index in [-0.39, 0.29) is 17.4 Å². The number of nitrogens with one attached hydrogen (secondary N) is 2. The lowest BCUT2D eigenvalue weighted by atomic mass is 10.3. The zero-order valence-corrected chi connectivity index (χ0v) is 10.6. The number of nitrogens with zero attached hydrogens (tertiary/aromatic N) is 2. The van der Waals surface area contributed by atoms with Crippen molar-refractivity contribution in [2.45, 2.75) is 4.90 Å². The summed E-state index contributed by atoms with van der Waals surface area (Å²) in [5.41, 5.74) is 0.628. The van der Waals surface area contributed by atoms with Gasteiger partial charge in [0, 0.05) is 11.9 Å². The van der Waals surface area contributed by atoms with Crippen molar-refractivity contribution in [3.05, 3.63) is 42.9 Å². The molecule has 0 atom stereocenters. The number of hydrogen-bond donors (Lipinski definition) is 3. The van der Waals surface area contributed by atoms with Crippen LogP contribution in [0.3, 0.4) is 0 Å². The average Bonchev–Trinajstić information content (AvgIpc) is 2.40. The molecule has 1 heterocycles. The van der Waals surface area contributed by atoms with Crippen LogP contribution < -0.4 is 10.0 Å². The third-order valence-electron chi connectivity index (χ3n) is 2.27. The van der Waals surface area contributed by atoms with Crippen molar-refractivity contribution in [1.29, 1.82) is 0 Å². The van der Waals surface area contributed by atoms with E-state index in [0.29, 0.717) is 5.69 Å². The Morgan fingerprint density at radius 3 is 2.47 bits per heavy atom. The molecular formula is C11H12N4O3S. The van der Waals surface area contributed by atoms with Crippen molar-refractivity contribution in [2.24, 2.45) is 0 Å². The van der Waals surface area contributed by atoms with E-state index in [1.54, 1.807) is 12.1 Å². The average molecular weight is 280 g/mol. The molecule has 0 aliphatic heterocycles. The summed E-state index contributed by atoms with van der Waals surface area (Å²) in [6, 6.07) is 7.44. The maximum Gasteiger partial charge on any atom is 0.263 e. The van der Waals surface area contributed by atoms with Crippen LogP contribution in [0.15, 0.2) is 47.8 Å². The smallest absolute Gasteiger partial charge is 0.263 e. The lowest BCUT2D eigenvalue weighted by molar-refractivity contribution is 0.325. The minimum absolute atomic E-state index is 0.106. The van der Waals surface area contributed by atoms with E-state index in [0.717, 1.165) is 0 Å². The van der Waals surface area contributed by atoms with Crippen LogP contribution in [0.25, 0.3) is 0 Å². The Labute approximate surface area is 110 Å². The first-order valence-electron chi connectivity index (χ1n) is 5.35. The predicted molar refractivity (Wildman–Crippen MR) is 70.0 cm³/mol. The molecule has 19 heavy (non-hydrogen) atoms. The van der Waals surface area contributed by atoms with Crippen molar-refractivity contribution in [3.8, 4) is 0 Å².